The summed E-state index contributed by atoms with van der Waals surface area (Å²) in [5, 5.41) is 7.38. The molecule has 0 aliphatic carbocycles. The van der Waals surface area contributed by atoms with Crippen molar-refractivity contribution in [3.05, 3.63) is 53.3 Å². The molecule has 0 saturated carbocycles. The third-order valence-electron chi connectivity index (χ3n) is 6.08. The van der Waals surface area contributed by atoms with Crippen LogP contribution < -0.4 is 5.32 Å². The van der Waals surface area contributed by atoms with Crippen molar-refractivity contribution in [3.63, 3.8) is 0 Å². The number of nitrogens with zero attached hydrogens (tertiary/aromatic N) is 3. The molecule has 0 unspecified atom stereocenters. The van der Waals surface area contributed by atoms with Gasteiger partial charge in [-0.1, -0.05) is 24.3 Å². The van der Waals surface area contributed by atoms with E-state index in [1.165, 1.54) is 7.11 Å². The fourth-order valence-electron chi connectivity index (χ4n) is 4.30. The van der Waals surface area contributed by atoms with Gasteiger partial charge in [0.25, 0.3) is 0 Å². The Hall–Kier alpha value is -2.67. The van der Waals surface area contributed by atoms with Gasteiger partial charge in [-0.15, -0.1) is 0 Å². The van der Waals surface area contributed by atoms with Gasteiger partial charge in [-0.3, -0.25) is 19.2 Å². The molecule has 1 fully saturated rings. The number of nitrogens with one attached hydrogen (secondary N) is 1. The number of likely N-dealkylation sites (N-methyl/N-ethyl adjacent to an activating group) is 1. The van der Waals surface area contributed by atoms with Crippen LogP contribution in [0.2, 0.25) is 0 Å². The maximum absolute atomic E-state index is 13.2. The van der Waals surface area contributed by atoms with Gasteiger partial charge >= 0.3 is 5.97 Å². The van der Waals surface area contributed by atoms with Gasteiger partial charge in [0.2, 0.25) is 5.91 Å². The molecule has 7 nitrogen and oxygen atoms in total. The first-order valence-electron chi connectivity index (χ1n) is 9.92. The predicted molar refractivity (Wildman–Crippen MR) is 110 cm³/mol. The monoisotopic (exact) mass is 398 g/mol. The maximum atomic E-state index is 13.2. The van der Waals surface area contributed by atoms with E-state index in [-0.39, 0.29) is 23.8 Å². The first-order valence-corrected chi connectivity index (χ1v) is 9.92. The third-order valence-corrected chi connectivity index (χ3v) is 6.08. The molecule has 1 saturated heterocycles. The molecule has 3 rings (SSSR count). The number of benzene rings is 1. The van der Waals surface area contributed by atoms with E-state index in [1.54, 1.807) is 0 Å². The van der Waals surface area contributed by atoms with Gasteiger partial charge in [0.15, 0.2) is 0 Å². The van der Waals surface area contributed by atoms with Crippen molar-refractivity contribution >= 4 is 11.9 Å². The van der Waals surface area contributed by atoms with Gasteiger partial charge < -0.3 is 10.1 Å². The number of amides is 1. The number of methoxy groups -OCH3 is 1. The van der Waals surface area contributed by atoms with Crippen LogP contribution in [0, 0.1) is 19.8 Å². The molecule has 0 bridgehead atoms. The summed E-state index contributed by atoms with van der Waals surface area (Å²) >= 11 is 0. The first-order chi connectivity index (χ1) is 13.8. The number of aryl methyl sites for hydroxylation is 2. The lowest BCUT2D eigenvalue weighted by atomic mass is 9.88. The first kappa shape index (κ1) is 21.0. The molecule has 1 aromatic carbocycles. The van der Waals surface area contributed by atoms with E-state index < -0.39 is 5.54 Å². The Bertz CT molecular complexity index is 894. The Morgan fingerprint density at radius 3 is 2.62 bits per heavy atom. The Kier molecular flexibility index (Phi) is 6.07. The number of carbonyl (C=O) groups is 2. The molecule has 7 heteroatoms. The van der Waals surface area contributed by atoms with Gasteiger partial charge in [-0.25, -0.2) is 0 Å². The second-order valence-electron chi connectivity index (χ2n) is 8.00. The van der Waals surface area contributed by atoms with Crippen LogP contribution in [0.4, 0.5) is 0 Å². The van der Waals surface area contributed by atoms with Crippen molar-refractivity contribution in [2.24, 2.45) is 5.92 Å². The minimum Gasteiger partial charge on any atom is -0.468 e. The van der Waals surface area contributed by atoms with Crippen molar-refractivity contribution in [2.75, 3.05) is 20.7 Å². The molecule has 156 valence electrons. The van der Waals surface area contributed by atoms with Gasteiger partial charge in [0.05, 0.1) is 25.3 Å². The van der Waals surface area contributed by atoms with Crippen LogP contribution in [0.25, 0.3) is 0 Å². The molecule has 0 radical (unpaired) electrons. The van der Waals surface area contributed by atoms with Gasteiger partial charge in [-0.2, -0.15) is 5.10 Å². The summed E-state index contributed by atoms with van der Waals surface area (Å²) in [6, 6.07) is 9.75. The highest BCUT2D eigenvalue weighted by atomic mass is 16.5. The number of aromatic nitrogens is 2. The molecule has 2 heterocycles. The van der Waals surface area contributed by atoms with Crippen LogP contribution in [-0.2, 0) is 20.9 Å². The second-order valence-corrected chi connectivity index (χ2v) is 8.00. The van der Waals surface area contributed by atoms with E-state index >= 15 is 0 Å². The van der Waals surface area contributed by atoms with Crippen LogP contribution in [0.1, 0.15) is 36.2 Å². The van der Waals surface area contributed by atoms with Crippen molar-refractivity contribution in [1.82, 2.24) is 20.0 Å². The SMILES string of the molecule is COC(=O)[C@@]1(C)C[C@@H](C(=O)NCCn2ccc(C)n2)[C@@H](c2ccccc2C)N1C. The molecule has 2 aromatic rings. The van der Waals surface area contributed by atoms with Crippen molar-refractivity contribution < 1.29 is 14.3 Å². The third kappa shape index (κ3) is 4.05. The average Bonchev–Trinajstić information content (AvgIpc) is 3.23. The molecule has 29 heavy (non-hydrogen) atoms. The zero-order chi connectivity index (χ0) is 21.2. The van der Waals surface area contributed by atoms with Gasteiger partial charge in [-0.05, 0) is 51.4 Å². The molecule has 0 spiro atoms. The van der Waals surface area contributed by atoms with Crippen molar-refractivity contribution in [1.29, 1.82) is 0 Å². The number of ether oxygens (including phenoxy) is 1. The predicted octanol–water partition coefficient (Wildman–Crippen LogP) is 2.24. The van der Waals surface area contributed by atoms with Crippen LogP contribution in [0.15, 0.2) is 36.5 Å². The fraction of sp³-hybridized carbons (Fsp3) is 0.500. The molecular weight excluding hydrogens is 368 g/mol. The second kappa shape index (κ2) is 8.37. The fourth-order valence-corrected chi connectivity index (χ4v) is 4.30. The quantitative estimate of drug-likeness (QED) is 0.756. The number of hydrogen-bond acceptors (Lipinski definition) is 5. The number of rotatable bonds is 6. The van der Waals surface area contributed by atoms with Crippen LogP contribution in [-0.4, -0.2) is 52.8 Å². The standard InChI is InChI=1S/C22H30N4O3/c1-15-8-6-7-9-17(15)19-18(14-22(3,25(19)4)21(28)29-5)20(27)23-11-13-26-12-10-16(2)24-26/h6-10,12,18-19H,11,13-14H2,1-5H3,(H,23,27)/t18-,19-,22-/m1/s1. The Labute approximate surface area is 172 Å². The van der Waals surface area contributed by atoms with Gasteiger partial charge in [0, 0.05) is 18.8 Å². The summed E-state index contributed by atoms with van der Waals surface area (Å²) in [5.74, 6) is -0.730. The summed E-state index contributed by atoms with van der Waals surface area (Å²) in [6.07, 6.45) is 2.30. The normalized spacial score (nSPS) is 24.4. The summed E-state index contributed by atoms with van der Waals surface area (Å²) in [5.41, 5.74) is 2.25. The number of hydrogen-bond donors (Lipinski definition) is 1. The molecule has 1 aliphatic heterocycles. The van der Waals surface area contributed by atoms with E-state index in [4.69, 9.17) is 4.74 Å². The van der Waals surface area contributed by atoms with E-state index in [1.807, 2.05) is 73.9 Å². The molecule has 1 aliphatic rings. The van der Waals surface area contributed by atoms with Crippen molar-refractivity contribution in [2.45, 2.75) is 45.3 Å². The highest BCUT2D eigenvalue weighted by Gasteiger charge is 2.55. The lowest BCUT2D eigenvalue weighted by Crippen LogP contribution is -2.47. The van der Waals surface area contributed by atoms with E-state index in [0.29, 0.717) is 19.5 Å². The number of likely N-dealkylation sites (tertiary alicyclic amines) is 1. The minimum atomic E-state index is -0.858. The van der Waals surface area contributed by atoms with Crippen LogP contribution in [0.5, 0.6) is 0 Å². The molecule has 1 N–H and O–H groups in total. The Morgan fingerprint density at radius 2 is 2.00 bits per heavy atom. The van der Waals surface area contributed by atoms with Crippen molar-refractivity contribution in [3.8, 4) is 0 Å². The van der Waals surface area contributed by atoms with Crippen LogP contribution >= 0.6 is 0 Å². The Morgan fingerprint density at radius 1 is 1.28 bits per heavy atom. The molecule has 1 aromatic heterocycles. The smallest absolute Gasteiger partial charge is 0.326 e. The summed E-state index contributed by atoms with van der Waals surface area (Å²) in [7, 11) is 3.29. The highest BCUT2D eigenvalue weighted by molar-refractivity contribution is 5.86. The van der Waals surface area contributed by atoms with Crippen LogP contribution in [0.3, 0.4) is 0 Å². The highest BCUT2D eigenvalue weighted by Crippen LogP contribution is 2.47. The lowest BCUT2D eigenvalue weighted by Gasteiger charge is -2.33. The number of esters is 1. The zero-order valence-corrected chi connectivity index (χ0v) is 17.8. The summed E-state index contributed by atoms with van der Waals surface area (Å²) in [6.45, 7) is 6.90. The summed E-state index contributed by atoms with van der Waals surface area (Å²) in [4.78, 5) is 27.7. The summed E-state index contributed by atoms with van der Waals surface area (Å²) < 4.78 is 6.88. The number of carbonyl (C=O) groups excluding carboxylic acids is 2. The Balaban J connectivity index is 1.82. The topological polar surface area (TPSA) is 76.5 Å². The van der Waals surface area contributed by atoms with E-state index in [2.05, 4.69) is 10.4 Å². The minimum absolute atomic E-state index is 0.0541. The van der Waals surface area contributed by atoms with Gasteiger partial charge in [0.1, 0.15) is 5.54 Å². The maximum Gasteiger partial charge on any atom is 0.326 e. The van der Waals surface area contributed by atoms with E-state index in [0.717, 1.165) is 16.8 Å². The zero-order valence-electron chi connectivity index (χ0n) is 17.8. The molecule has 3 atom stereocenters. The average molecular weight is 399 g/mol. The lowest BCUT2D eigenvalue weighted by molar-refractivity contribution is -0.152. The molecular formula is C22H30N4O3. The molecule has 1 amide bonds. The van der Waals surface area contributed by atoms with E-state index in [9.17, 15) is 9.59 Å². The largest absolute Gasteiger partial charge is 0.468 e.